The largest absolute Gasteiger partial charge is 0.342 e. The molecule has 0 N–H and O–H groups in total. The quantitative estimate of drug-likeness (QED) is 0.844. The fraction of sp³-hybridized carbons (Fsp3) is 0.650. The van der Waals surface area contributed by atoms with Crippen molar-refractivity contribution >= 4 is 5.91 Å². The zero-order valence-corrected chi connectivity index (χ0v) is 14.3. The van der Waals surface area contributed by atoms with Crippen molar-refractivity contribution in [2.24, 2.45) is 11.3 Å². The van der Waals surface area contributed by atoms with E-state index in [9.17, 15) is 9.18 Å². The maximum Gasteiger partial charge on any atom is 0.222 e. The smallest absolute Gasteiger partial charge is 0.222 e. The second kappa shape index (κ2) is 6.47. The van der Waals surface area contributed by atoms with Crippen LogP contribution in [0.3, 0.4) is 0 Å². The van der Waals surface area contributed by atoms with Crippen LogP contribution in [-0.4, -0.2) is 41.9 Å². The third-order valence-corrected chi connectivity index (χ3v) is 6.16. The zero-order valence-electron chi connectivity index (χ0n) is 14.3. The first-order chi connectivity index (χ1) is 11.6. The second-order valence-corrected chi connectivity index (χ2v) is 8.12. The predicted molar refractivity (Wildman–Crippen MR) is 91.9 cm³/mol. The van der Waals surface area contributed by atoms with Crippen LogP contribution in [0.15, 0.2) is 24.3 Å². The van der Waals surface area contributed by atoms with Gasteiger partial charge in [-0.1, -0.05) is 12.1 Å². The third kappa shape index (κ3) is 3.64. The van der Waals surface area contributed by atoms with Crippen LogP contribution < -0.4 is 0 Å². The van der Waals surface area contributed by atoms with Gasteiger partial charge >= 0.3 is 0 Å². The van der Waals surface area contributed by atoms with Crippen molar-refractivity contribution in [3.05, 3.63) is 35.6 Å². The van der Waals surface area contributed by atoms with E-state index >= 15 is 0 Å². The molecule has 1 saturated carbocycles. The normalized spacial score (nSPS) is 24.5. The molecule has 2 aliphatic heterocycles. The Balaban J connectivity index is 1.32. The number of rotatable bonds is 4. The number of likely N-dealkylation sites (tertiary alicyclic amines) is 2. The average molecular weight is 330 g/mol. The van der Waals surface area contributed by atoms with Crippen molar-refractivity contribution in [3.63, 3.8) is 0 Å². The van der Waals surface area contributed by atoms with E-state index in [0.717, 1.165) is 51.5 Å². The molecule has 3 fully saturated rings. The summed E-state index contributed by atoms with van der Waals surface area (Å²) in [6, 6.07) is 6.86. The van der Waals surface area contributed by atoms with Gasteiger partial charge in [0.05, 0.1) is 0 Å². The fourth-order valence-corrected chi connectivity index (χ4v) is 4.32. The second-order valence-electron chi connectivity index (χ2n) is 8.12. The minimum atomic E-state index is -0.168. The molecule has 24 heavy (non-hydrogen) atoms. The first-order valence-corrected chi connectivity index (χ1v) is 9.37. The van der Waals surface area contributed by atoms with Crippen molar-refractivity contribution in [3.8, 4) is 0 Å². The summed E-state index contributed by atoms with van der Waals surface area (Å²) in [5.74, 6) is 0.989. The Bertz CT molecular complexity index is 588. The minimum Gasteiger partial charge on any atom is -0.342 e. The van der Waals surface area contributed by atoms with Crippen molar-refractivity contribution in [1.29, 1.82) is 0 Å². The molecule has 3 aliphatic rings. The molecule has 1 spiro atoms. The number of halogens is 1. The van der Waals surface area contributed by atoms with Crippen LogP contribution >= 0.6 is 0 Å². The lowest BCUT2D eigenvalue weighted by molar-refractivity contribution is -0.139. The number of carbonyl (C=O) groups is 1. The Morgan fingerprint density at radius 1 is 1.08 bits per heavy atom. The molecule has 0 unspecified atom stereocenters. The van der Waals surface area contributed by atoms with Crippen molar-refractivity contribution < 1.29 is 9.18 Å². The van der Waals surface area contributed by atoms with E-state index < -0.39 is 0 Å². The Labute approximate surface area is 143 Å². The molecule has 4 rings (SSSR count). The van der Waals surface area contributed by atoms with Gasteiger partial charge in [-0.3, -0.25) is 9.69 Å². The first kappa shape index (κ1) is 16.1. The van der Waals surface area contributed by atoms with Crippen LogP contribution in [-0.2, 0) is 11.3 Å². The summed E-state index contributed by atoms with van der Waals surface area (Å²) < 4.78 is 13.0. The summed E-state index contributed by atoms with van der Waals surface area (Å²) in [5, 5.41) is 0. The van der Waals surface area contributed by atoms with Gasteiger partial charge in [-0.25, -0.2) is 4.39 Å². The SMILES string of the molecule is O=C1CCC2(CCN(Cc3ccc(F)cc3)CC2)CN1CC1CC1. The Kier molecular flexibility index (Phi) is 4.33. The molecule has 0 radical (unpaired) electrons. The maximum atomic E-state index is 13.0. The number of carbonyl (C=O) groups excluding carboxylic acids is 1. The fourth-order valence-electron chi connectivity index (χ4n) is 4.32. The van der Waals surface area contributed by atoms with Gasteiger partial charge in [0.25, 0.3) is 0 Å². The highest BCUT2D eigenvalue weighted by molar-refractivity contribution is 5.77. The molecular weight excluding hydrogens is 303 g/mol. The lowest BCUT2D eigenvalue weighted by atomic mass is 9.72. The molecule has 0 atom stereocenters. The minimum absolute atomic E-state index is 0.168. The summed E-state index contributed by atoms with van der Waals surface area (Å²) in [7, 11) is 0. The number of piperidine rings is 2. The van der Waals surface area contributed by atoms with Crippen LogP contribution in [0, 0.1) is 17.2 Å². The van der Waals surface area contributed by atoms with Crippen LogP contribution in [0.2, 0.25) is 0 Å². The molecule has 3 nitrogen and oxygen atoms in total. The highest BCUT2D eigenvalue weighted by atomic mass is 19.1. The topological polar surface area (TPSA) is 23.6 Å². The molecule has 2 heterocycles. The van der Waals surface area contributed by atoms with Gasteiger partial charge in [0.1, 0.15) is 5.82 Å². The molecule has 1 aliphatic carbocycles. The van der Waals surface area contributed by atoms with E-state index in [2.05, 4.69) is 9.80 Å². The zero-order chi connectivity index (χ0) is 16.6. The predicted octanol–water partition coefficient (Wildman–Crippen LogP) is 3.44. The molecule has 1 aromatic rings. The van der Waals surface area contributed by atoms with Gasteiger partial charge in [0.15, 0.2) is 0 Å². The molecule has 1 aromatic carbocycles. The van der Waals surface area contributed by atoms with Gasteiger partial charge in [-0.2, -0.15) is 0 Å². The molecular formula is C20H27FN2O. The molecule has 0 bridgehead atoms. The summed E-state index contributed by atoms with van der Waals surface area (Å²) in [6.07, 6.45) is 6.79. The highest BCUT2D eigenvalue weighted by Crippen LogP contribution is 2.42. The van der Waals surface area contributed by atoms with Crippen LogP contribution in [0.25, 0.3) is 0 Å². The molecule has 130 valence electrons. The van der Waals surface area contributed by atoms with E-state index in [1.807, 2.05) is 12.1 Å². The van der Waals surface area contributed by atoms with Crippen molar-refractivity contribution in [2.45, 2.75) is 45.1 Å². The summed E-state index contributed by atoms with van der Waals surface area (Å²) in [6.45, 7) is 5.05. The molecule has 0 aromatic heterocycles. The Morgan fingerprint density at radius 3 is 2.46 bits per heavy atom. The number of amides is 1. The van der Waals surface area contributed by atoms with Gasteiger partial charge in [0, 0.05) is 26.1 Å². The van der Waals surface area contributed by atoms with E-state index in [-0.39, 0.29) is 5.82 Å². The average Bonchev–Trinajstić information content (AvgIpc) is 3.40. The number of hydrogen-bond acceptors (Lipinski definition) is 2. The Hall–Kier alpha value is -1.42. The highest BCUT2D eigenvalue weighted by Gasteiger charge is 2.42. The standard InChI is InChI=1S/C20H27FN2O/c21-18-5-3-16(4-6-18)13-22-11-9-20(10-12-22)8-7-19(24)23(15-20)14-17-1-2-17/h3-6,17H,1-2,7-15H2. The van der Waals surface area contributed by atoms with E-state index in [1.165, 1.54) is 31.2 Å². The monoisotopic (exact) mass is 330 g/mol. The van der Waals surface area contributed by atoms with Gasteiger partial charge in [-0.05, 0) is 74.2 Å². The van der Waals surface area contributed by atoms with Crippen molar-refractivity contribution in [2.75, 3.05) is 26.2 Å². The van der Waals surface area contributed by atoms with Crippen LogP contribution in [0.1, 0.15) is 44.1 Å². The van der Waals surface area contributed by atoms with E-state index in [1.54, 1.807) is 12.1 Å². The molecule has 2 saturated heterocycles. The first-order valence-electron chi connectivity index (χ1n) is 9.37. The van der Waals surface area contributed by atoms with E-state index in [4.69, 9.17) is 0 Å². The van der Waals surface area contributed by atoms with Gasteiger partial charge in [-0.15, -0.1) is 0 Å². The van der Waals surface area contributed by atoms with Crippen molar-refractivity contribution in [1.82, 2.24) is 9.80 Å². The summed E-state index contributed by atoms with van der Waals surface area (Å²) >= 11 is 0. The number of nitrogens with zero attached hydrogens (tertiary/aromatic N) is 2. The van der Waals surface area contributed by atoms with Crippen LogP contribution in [0.4, 0.5) is 4.39 Å². The van der Waals surface area contributed by atoms with Gasteiger partial charge in [0.2, 0.25) is 5.91 Å². The Morgan fingerprint density at radius 2 is 1.79 bits per heavy atom. The summed E-state index contributed by atoms with van der Waals surface area (Å²) in [4.78, 5) is 16.8. The number of hydrogen-bond donors (Lipinski definition) is 0. The molecule has 1 amide bonds. The lowest BCUT2D eigenvalue weighted by Crippen LogP contribution is -2.51. The molecule has 4 heteroatoms. The van der Waals surface area contributed by atoms with E-state index in [0.29, 0.717) is 11.3 Å². The number of benzene rings is 1. The summed E-state index contributed by atoms with van der Waals surface area (Å²) in [5.41, 5.74) is 1.53. The lowest BCUT2D eigenvalue weighted by Gasteiger charge is -2.47. The van der Waals surface area contributed by atoms with Crippen LogP contribution in [0.5, 0.6) is 0 Å². The maximum absolute atomic E-state index is 13.0. The van der Waals surface area contributed by atoms with Gasteiger partial charge < -0.3 is 4.90 Å². The third-order valence-electron chi connectivity index (χ3n) is 6.16.